The molecule has 2 aliphatic heterocycles. The third-order valence-electron chi connectivity index (χ3n) is 3.89. The first-order chi connectivity index (χ1) is 7.57. The molecule has 2 rings (SSSR count). The Bertz CT molecular complexity index is 315. The molecule has 2 saturated heterocycles. The fourth-order valence-corrected chi connectivity index (χ4v) is 3.77. The Balaban J connectivity index is 1.85. The maximum Gasteiger partial charge on any atom is 0.211 e. The second-order valence-corrected chi connectivity index (χ2v) is 7.04. The highest BCUT2D eigenvalue weighted by Gasteiger charge is 2.30. The molecule has 4 nitrogen and oxygen atoms in total. The van der Waals surface area contributed by atoms with E-state index in [4.69, 9.17) is 0 Å². The van der Waals surface area contributed by atoms with Crippen molar-refractivity contribution in [3.05, 3.63) is 0 Å². The standard InChI is InChI=1S/C11H22N2O2S/c1-16(14,15)13-8-5-10(6-9-13)11-4-2-3-7-12-11/h10-12H,2-9H2,1H3. The Hall–Kier alpha value is -0.130. The highest BCUT2D eigenvalue weighted by atomic mass is 32.2. The van der Waals surface area contributed by atoms with Gasteiger partial charge in [0, 0.05) is 19.1 Å². The van der Waals surface area contributed by atoms with E-state index in [1.165, 1.54) is 25.5 Å². The average Bonchev–Trinajstić information content (AvgIpc) is 2.29. The predicted molar refractivity (Wildman–Crippen MR) is 64.8 cm³/mol. The lowest BCUT2D eigenvalue weighted by Gasteiger charge is -2.37. The molecule has 0 aromatic heterocycles. The van der Waals surface area contributed by atoms with Crippen LogP contribution < -0.4 is 5.32 Å². The minimum atomic E-state index is -2.97. The molecule has 1 unspecified atom stereocenters. The first-order valence-electron chi connectivity index (χ1n) is 6.26. The van der Waals surface area contributed by atoms with Crippen LogP contribution in [0.25, 0.3) is 0 Å². The van der Waals surface area contributed by atoms with Gasteiger partial charge in [0.25, 0.3) is 0 Å². The van der Waals surface area contributed by atoms with E-state index in [1.807, 2.05) is 0 Å². The summed E-state index contributed by atoms with van der Waals surface area (Å²) in [6.07, 6.45) is 7.23. The average molecular weight is 246 g/mol. The first-order valence-corrected chi connectivity index (χ1v) is 8.11. The molecular weight excluding hydrogens is 224 g/mol. The van der Waals surface area contributed by atoms with E-state index >= 15 is 0 Å². The summed E-state index contributed by atoms with van der Waals surface area (Å²) in [5, 5.41) is 3.57. The van der Waals surface area contributed by atoms with Crippen LogP contribution >= 0.6 is 0 Å². The number of nitrogens with zero attached hydrogens (tertiary/aromatic N) is 1. The van der Waals surface area contributed by atoms with E-state index in [0.29, 0.717) is 25.0 Å². The zero-order valence-corrected chi connectivity index (χ0v) is 10.8. The van der Waals surface area contributed by atoms with E-state index in [0.717, 1.165) is 19.4 Å². The molecule has 0 radical (unpaired) electrons. The van der Waals surface area contributed by atoms with Gasteiger partial charge in [0.1, 0.15) is 0 Å². The van der Waals surface area contributed by atoms with E-state index in [9.17, 15) is 8.42 Å². The van der Waals surface area contributed by atoms with Gasteiger partial charge < -0.3 is 5.32 Å². The van der Waals surface area contributed by atoms with E-state index in [2.05, 4.69) is 5.32 Å². The van der Waals surface area contributed by atoms with Crippen molar-refractivity contribution in [3.8, 4) is 0 Å². The monoisotopic (exact) mass is 246 g/mol. The molecule has 0 aliphatic carbocycles. The van der Waals surface area contributed by atoms with Gasteiger partial charge in [-0.3, -0.25) is 0 Å². The molecule has 0 spiro atoms. The Morgan fingerprint density at radius 2 is 1.81 bits per heavy atom. The molecule has 0 aromatic rings. The summed E-state index contributed by atoms with van der Waals surface area (Å²) in [5.41, 5.74) is 0. The quantitative estimate of drug-likeness (QED) is 0.784. The van der Waals surface area contributed by atoms with Crippen LogP contribution in [-0.4, -0.2) is 44.7 Å². The molecule has 16 heavy (non-hydrogen) atoms. The lowest BCUT2D eigenvalue weighted by atomic mass is 9.85. The summed E-state index contributed by atoms with van der Waals surface area (Å²) in [4.78, 5) is 0. The van der Waals surface area contributed by atoms with Crippen molar-refractivity contribution in [2.45, 2.75) is 38.1 Å². The van der Waals surface area contributed by atoms with Crippen LogP contribution in [0, 0.1) is 5.92 Å². The van der Waals surface area contributed by atoms with Gasteiger partial charge in [-0.15, -0.1) is 0 Å². The highest BCUT2D eigenvalue weighted by molar-refractivity contribution is 7.88. The SMILES string of the molecule is CS(=O)(=O)N1CCC(C2CCCCN2)CC1. The summed E-state index contributed by atoms with van der Waals surface area (Å²) >= 11 is 0. The molecule has 0 aromatic carbocycles. The first kappa shape index (κ1) is 12.3. The van der Waals surface area contributed by atoms with Crippen molar-refractivity contribution in [1.29, 1.82) is 0 Å². The molecule has 1 atom stereocenters. The number of hydrogen-bond donors (Lipinski definition) is 1. The number of nitrogens with one attached hydrogen (secondary N) is 1. The summed E-state index contributed by atoms with van der Waals surface area (Å²) in [6.45, 7) is 2.56. The van der Waals surface area contributed by atoms with Gasteiger partial charge >= 0.3 is 0 Å². The molecule has 2 fully saturated rings. The number of piperidine rings is 2. The van der Waals surface area contributed by atoms with Crippen LogP contribution in [0.4, 0.5) is 0 Å². The summed E-state index contributed by atoms with van der Waals surface area (Å²) < 4.78 is 24.4. The van der Waals surface area contributed by atoms with Gasteiger partial charge in [-0.05, 0) is 38.1 Å². The fraction of sp³-hybridized carbons (Fsp3) is 1.00. The van der Waals surface area contributed by atoms with Crippen molar-refractivity contribution in [1.82, 2.24) is 9.62 Å². The highest BCUT2D eigenvalue weighted by Crippen LogP contribution is 2.26. The second kappa shape index (κ2) is 5.02. The van der Waals surface area contributed by atoms with Crippen molar-refractivity contribution in [2.24, 2.45) is 5.92 Å². The van der Waals surface area contributed by atoms with Gasteiger partial charge in [-0.1, -0.05) is 6.42 Å². The molecule has 1 N–H and O–H groups in total. The van der Waals surface area contributed by atoms with Crippen LogP contribution in [-0.2, 0) is 10.0 Å². The minimum Gasteiger partial charge on any atom is -0.314 e. The second-order valence-electron chi connectivity index (χ2n) is 5.06. The number of hydrogen-bond acceptors (Lipinski definition) is 3. The largest absolute Gasteiger partial charge is 0.314 e. The van der Waals surface area contributed by atoms with Crippen LogP contribution in [0.1, 0.15) is 32.1 Å². The van der Waals surface area contributed by atoms with Gasteiger partial charge in [0.05, 0.1) is 6.26 Å². The topological polar surface area (TPSA) is 49.4 Å². The lowest BCUT2D eigenvalue weighted by Crippen LogP contribution is -2.46. The molecule has 2 aliphatic rings. The fourth-order valence-electron chi connectivity index (χ4n) is 2.89. The molecule has 0 amide bonds. The van der Waals surface area contributed by atoms with Crippen LogP contribution in [0.2, 0.25) is 0 Å². The van der Waals surface area contributed by atoms with Gasteiger partial charge in [-0.25, -0.2) is 12.7 Å². The smallest absolute Gasteiger partial charge is 0.211 e. The van der Waals surface area contributed by atoms with Crippen molar-refractivity contribution in [2.75, 3.05) is 25.9 Å². The van der Waals surface area contributed by atoms with E-state index in [1.54, 1.807) is 4.31 Å². The summed E-state index contributed by atoms with van der Waals surface area (Å²) in [5.74, 6) is 0.679. The zero-order chi connectivity index (χ0) is 11.6. The Morgan fingerprint density at radius 3 is 2.31 bits per heavy atom. The third-order valence-corrected chi connectivity index (χ3v) is 5.19. The molecule has 0 bridgehead atoms. The molecule has 94 valence electrons. The number of rotatable bonds is 2. The third kappa shape index (κ3) is 2.96. The van der Waals surface area contributed by atoms with Crippen LogP contribution in [0.3, 0.4) is 0 Å². The van der Waals surface area contributed by atoms with Crippen LogP contribution in [0.15, 0.2) is 0 Å². The molecule has 0 saturated carbocycles. The molecule has 2 heterocycles. The van der Waals surface area contributed by atoms with E-state index in [-0.39, 0.29) is 0 Å². The normalized spacial score (nSPS) is 30.4. The Morgan fingerprint density at radius 1 is 1.12 bits per heavy atom. The van der Waals surface area contributed by atoms with Crippen molar-refractivity contribution < 1.29 is 8.42 Å². The predicted octanol–water partition coefficient (Wildman–Crippen LogP) is 0.800. The van der Waals surface area contributed by atoms with Crippen LogP contribution in [0.5, 0.6) is 0 Å². The molecular formula is C11H22N2O2S. The van der Waals surface area contributed by atoms with Gasteiger partial charge in [-0.2, -0.15) is 0 Å². The Kier molecular flexibility index (Phi) is 3.87. The maximum absolute atomic E-state index is 11.4. The van der Waals surface area contributed by atoms with Crippen molar-refractivity contribution >= 4 is 10.0 Å². The molecule has 5 heteroatoms. The maximum atomic E-state index is 11.4. The zero-order valence-electron chi connectivity index (χ0n) is 9.98. The van der Waals surface area contributed by atoms with Crippen molar-refractivity contribution in [3.63, 3.8) is 0 Å². The number of sulfonamides is 1. The van der Waals surface area contributed by atoms with E-state index < -0.39 is 10.0 Å². The van der Waals surface area contributed by atoms with Gasteiger partial charge in [0.2, 0.25) is 10.0 Å². The Labute approximate surface area is 98.4 Å². The minimum absolute atomic E-state index is 0.635. The lowest BCUT2D eigenvalue weighted by molar-refractivity contribution is 0.202. The summed E-state index contributed by atoms with van der Waals surface area (Å²) in [7, 11) is -2.97. The summed E-state index contributed by atoms with van der Waals surface area (Å²) in [6, 6.07) is 0.635. The van der Waals surface area contributed by atoms with Gasteiger partial charge in [0.15, 0.2) is 0 Å².